The fourth-order valence-corrected chi connectivity index (χ4v) is 3.24. The molecule has 0 amide bonds. The summed E-state index contributed by atoms with van der Waals surface area (Å²) in [6.07, 6.45) is 0. The fraction of sp³-hybridized carbons (Fsp3) is 0.231. The Labute approximate surface area is 128 Å². The van der Waals surface area contributed by atoms with Gasteiger partial charge in [0, 0.05) is 4.47 Å². The molecule has 0 aliphatic rings. The number of aliphatic hydroxyl groups is 1. The summed E-state index contributed by atoms with van der Waals surface area (Å²) < 4.78 is 12.0. The molecule has 0 saturated carbocycles. The lowest BCUT2D eigenvalue weighted by molar-refractivity contribution is 0.275. The van der Waals surface area contributed by atoms with Crippen molar-refractivity contribution in [3.05, 3.63) is 43.5 Å². The minimum absolute atomic E-state index is 0.0904. The lowest BCUT2D eigenvalue weighted by Crippen LogP contribution is -1.98. The molecule has 1 heterocycles. The van der Waals surface area contributed by atoms with Crippen LogP contribution in [0.1, 0.15) is 10.4 Å². The summed E-state index contributed by atoms with van der Waals surface area (Å²) in [4.78, 5) is 1.07. The van der Waals surface area contributed by atoms with Gasteiger partial charge >= 0.3 is 0 Å². The third kappa shape index (κ3) is 3.42. The van der Waals surface area contributed by atoms with Crippen molar-refractivity contribution in [1.29, 1.82) is 0 Å². The Kier molecular flexibility index (Phi) is 5.10. The van der Waals surface area contributed by atoms with E-state index in [9.17, 15) is 0 Å². The number of hydrogen-bond donors (Lipinski definition) is 1. The Bertz CT molecular complexity index is 571. The summed E-state index contributed by atoms with van der Waals surface area (Å²) in [5, 5.41) is 11.5. The van der Waals surface area contributed by atoms with Crippen molar-refractivity contribution in [2.75, 3.05) is 7.11 Å². The SMILES string of the molecule is COc1cc(CO)cc(Cl)c1OCc1sccc1Br. The number of methoxy groups -OCH3 is 1. The summed E-state index contributed by atoms with van der Waals surface area (Å²) in [5.74, 6) is 1.01. The van der Waals surface area contributed by atoms with Crippen LogP contribution in [0.3, 0.4) is 0 Å². The van der Waals surface area contributed by atoms with Crippen LogP contribution >= 0.6 is 38.9 Å². The molecule has 0 fully saturated rings. The van der Waals surface area contributed by atoms with Crippen LogP contribution in [0.25, 0.3) is 0 Å². The zero-order valence-electron chi connectivity index (χ0n) is 10.2. The summed E-state index contributed by atoms with van der Waals surface area (Å²) in [6.45, 7) is 0.319. The zero-order valence-corrected chi connectivity index (χ0v) is 13.3. The highest BCUT2D eigenvalue weighted by Gasteiger charge is 2.13. The molecule has 0 aliphatic carbocycles. The number of halogens is 2. The van der Waals surface area contributed by atoms with Crippen LogP contribution in [-0.4, -0.2) is 12.2 Å². The van der Waals surface area contributed by atoms with Crippen LogP contribution in [0.15, 0.2) is 28.1 Å². The number of aliphatic hydroxyl groups excluding tert-OH is 1. The van der Waals surface area contributed by atoms with Crippen LogP contribution in [0, 0.1) is 0 Å². The summed E-state index contributed by atoms with van der Waals surface area (Å²) in [6, 6.07) is 5.35. The lowest BCUT2D eigenvalue weighted by Gasteiger charge is -2.13. The number of benzene rings is 1. The molecule has 19 heavy (non-hydrogen) atoms. The quantitative estimate of drug-likeness (QED) is 0.863. The van der Waals surface area contributed by atoms with Gasteiger partial charge < -0.3 is 14.6 Å². The van der Waals surface area contributed by atoms with Crippen molar-refractivity contribution in [3.8, 4) is 11.5 Å². The topological polar surface area (TPSA) is 38.7 Å². The average molecular weight is 364 g/mol. The van der Waals surface area contributed by atoms with Crippen molar-refractivity contribution in [1.82, 2.24) is 0 Å². The molecule has 6 heteroatoms. The van der Waals surface area contributed by atoms with E-state index in [-0.39, 0.29) is 6.61 Å². The minimum atomic E-state index is -0.0904. The van der Waals surface area contributed by atoms with Crippen molar-refractivity contribution < 1.29 is 14.6 Å². The standard InChI is InChI=1S/C13H12BrClO3S/c1-17-11-5-8(6-16)4-10(15)13(11)18-7-12-9(14)2-3-19-12/h2-5,16H,6-7H2,1H3. The molecule has 0 spiro atoms. The van der Waals surface area contributed by atoms with Gasteiger partial charge in [-0.3, -0.25) is 0 Å². The molecule has 2 rings (SSSR count). The summed E-state index contributed by atoms with van der Waals surface area (Å²) in [5.41, 5.74) is 0.687. The number of rotatable bonds is 5. The van der Waals surface area contributed by atoms with Gasteiger partial charge in [0.15, 0.2) is 11.5 Å². The molecule has 3 nitrogen and oxygen atoms in total. The third-order valence-corrected chi connectivity index (χ3v) is 4.69. The smallest absolute Gasteiger partial charge is 0.180 e. The number of hydrogen-bond acceptors (Lipinski definition) is 4. The Balaban J connectivity index is 2.22. The van der Waals surface area contributed by atoms with Crippen molar-refractivity contribution in [2.24, 2.45) is 0 Å². The summed E-state index contributed by atoms with van der Waals surface area (Å²) >= 11 is 11.2. The summed E-state index contributed by atoms with van der Waals surface area (Å²) in [7, 11) is 1.54. The van der Waals surface area contributed by atoms with Gasteiger partial charge in [-0.05, 0) is 45.1 Å². The molecule has 0 atom stereocenters. The van der Waals surface area contributed by atoms with Gasteiger partial charge in [0.1, 0.15) is 6.61 Å². The first kappa shape index (κ1) is 14.7. The zero-order chi connectivity index (χ0) is 13.8. The molecule has 102 valence electrons. The van der Waals surface area contributed by atoms with Crippen LogP contribution in [0.5, 0.6) is 11.5 Å². The largest absolute Gasteiger partial charge is 0.493 e. The van der Waals surface area contributed by atoms with Crippen LogP contribution in [-0.2, 0) is 13.2 Å². The van der Waals surface area contributed by atoms with Gasteiger partial charge in [0.2, 0.25) is 0 Å². The second kappa shape index (κ2) is 6.61. The second-order valence-electron chi connectivity index (χ2n) is 3.75. The minimum Gasteiger partial charge on any atom is -0.493 e. The van der Waals surface area contributed by atoms with Crippen molar-refractivity contribution in [3.63, 3.8) is 0 Å². The van der Waals surface area contributed by atoms with E-state index in [2.05, 4.69) is 15.9 Å². The van der Waals surface area contributed by atoms with E-state index < -0.39 is 0 Å². The predicted octanol–water partition coefficient (Wildman–Crippen LogP) is 4.24. The number of ether oxygens (including phenoxy) is 2. The molecule has 0 saturated heterocycles. The van der Waals surface area contributed by atoms with Crippen LogP contribution < -0.4 is 9.47 Å². The highest BCUT2D eigenvalue weighted by Crippen LogP contribution is 2.37. The third-order valence-electron chi connectivity index (χ3n) is 2.51. The van der Waals surface area contributed by atoms with E-state index in [1.165, 1.54) is 0 Å². The van der Waals surface area contributed by atoms with E-state index in [0.717, 1.165) is 9.35 Å². The Morgan fingerprint density at radius 1 is 1.42 bits per heavy atom. The normalized spacial score (nSPS) is 10.5. The van der Waals surface area contributed by atoms with E-state index >= 15 is 0 Å². The predicted molar refractivity (Wildman–Crippen MR) is 80.3 cm³/mol. The molecule has 0 unspecified atom stereocenters. The highest BCUT2D eigenvalue weighted by atomic mass is 79.9. The molecule has 1 aromatic heterocycles. The second-order valence-corrected chi connectivity index (χ2v) is 6.01. The van der Waals surface area contributed by atoms with Gasteiger partial charge in [0.25, 0.3) is 0 Å². The molecule has 0 radical (unpaired) electrons. The van der Waals surface area contributed by atoms with Crippen molar-refractivity contribution >= 4 is 38.9 Å². The van der Waals surface area contributed by atoms with E-state index in [1.807, 2.05) is 11.4 Å². The highest BCUT2D eigenvalue weighted by molar-refractivity contribution is 9.10. The van der Waals surface area contributed by atoms with Crippen LogP contribution in [0.2, 0.25) is 5.02 Å². The fourth-order valence-electron chi connectivity index (χ4n) is 1.57. The first-order valence-electron chi connectivity index (χ1n) is 5.47. The molecular weight excluding hydrogens is 352 g/mol. The molecule has 0 bridgehead atoms. The van der Waals surface area contributed by atoms with E-state index in [4.69, 9.17) is 26.2 Å². The van der Waals surface area contributed by atoms with E-state index in [0.29, 0.717) is 28.7 Å². The van der Waals surface area contributed by atoms with Gasteiger partial charge in [0.05, 0.1) is 23.6 Å². The van der Waals surface area contributed by atoms with Gasteiger partial charge in [-0.2, -0.15) is 0 Å². The molecule has 2 aromatic rings. The average Bonchev–Trinajstić information content (AvgIpc) is 2.82. The first-order valence-corrected chi connectivity index (χ1v) is 7.52. The van der Waals surface area contributed by atoms with Crippen LogP contribution in [0.4, 0.5) is 0 Å². The number of thiophene rings is 1. The van der Waals surface area contributed by atoms with Gasteiger partial charge in [-0.15, -0.1) is 11.3 Å². The first-order chi connectivity index (χ1) is 9.15. The molecular formula is C13H12BrClO3S. The molecule has 1 aromatic carbocycles. The maximum Gasteiger partial charge on any atom is 0.180 e. The molecule has 0 aliphatic heterocycles. The maximum atomic E-state index is 9.13. The monoisotopic (exact) mass is 362 g/mol. The Hall–Kier alpha value is -0.750. The maximum absolute atomic E-state index is 9.13. The Morgan fingerprint density at radius 3 is 2.79 bits per heavy atom. The Morgan fingerprint density at radius 2 is 2.21 bits per heavy atom. The van der Waals surface area contributed by atoms with Gasteiger partial charge in [-0.1, -0.05) is 11.6 Å². The lowest BCUT2D eigenvalue weighted by atomic mass is 10.2. The van der Waals surface area contributed by atoms with Gasteiger partial charge in [-0.25, -0.2) is 0 Å². The van der Waals surface area contributed by atoms with E-state index in [1.54, 1.807) is 30.6 Å². The molecule has 1 N–H and O–H groups in total. The van der Waals surface area contributed by atoms with Crippen molar-refractivity contribution in [2.45, 2.75) is 13.2 Å².